The summed E-state index contributed by atoms with van der Waals surface area (Å²) in [7, 11) is 1.31. The van der Waals surface area contributed by atoms with Gasteiger partial charge in [0, 0.05) is 17.6 Å². The van der Waals surface area contributed by atoms with Crippen LogP contribution < -0.4 is 10.6 Å². The largest absolute Gasteiger partial charge is 0.465 e. The molecule has 0 atom stereocenters. The minimum Gasteiger partial charge on any atom is -0.465 e. The predicted octanol–water partition coefficient (Wildman–Crippen LogP) is 4.90. The molecule has 0 aliphatic rings. The zero-order chi connectivity index (χ0) is 20.8. The SMILES string of the molecule is CCN(CC)C(=O)c1sc(NC(=S)Nc2ccccc2Br)c(C(=O)OC)c1C. The number of hydrogen-bond acceptors (Lipinski definition) is 5. The van der Waals surface area contributed by atoms with Crippen molar-refractivity contribution in [1.29, 1.82) is 0 Å². The Hall–Kier alpha value is -1.97. The van der Waals surface area contributed by atoms with Gasteiger partial charge in [0.05, 0.1) is 23.2 Å². The molecule has 2 rings (SSSR count). The Morgan fingerprint density at radius 1 is 1.21 bits per heavy atom. The van der Waals surface area contributed by atoms with E-state index in [2.05, 4.69) is 26.6 Å². The smallest absolute Gasteiger partial charge is 0.341 e. The third kappa shape index (κ3) is 4.89. The summed E-state index contributed by atoms with van der Waals surface area (Å²) in [4.78, 5) is 27.4. The van der Waals surface area contributed by atoms with Crippen LogP contribution in [0.1, 0.15) is 39.4 Å². The van der Waals surface area contributed by atoms with Crippen molar-refractivity contribution < 1.29 is 14.3 Å². The van der Waals surface area contributed by atoms with Crippen LogP contribution in [0.25, 0.3) is 0 Å². The summed E-state index contributed by atoms with van der Waals surface area (Å²) in [6.45, 7) is 6.76. The number of nitrogens with zero attached hydrogens (tertiary/aromatic N) is 1. The number of thiocarbonyl (C=S) groups is 1. The lowest BCUT2D eigenvalue weighted by atomic mass is 10.1. The first kappa shape index (κ1) is 22.3. The predicted molar refractivity (Wildman–Crippen MR) is 122 cm³/mol. The fourth-order valence-electron chi connectivity index (χ4n) is 2.63. The Morgan fingerprint density at radius 3 is 2.43 bits per heavy atom. The van der Waals surface area contributed by atoms with Gasteiger partial charge in [0.1, 0.15) is 5.00 Å². The summed E-state index contributed by atoms with van der Waals surface area (Å²) in [6, 6.07) is 7.54. The van der Waals surface area contributed by atoms with Crippen molar-refractivity contribution in [3.63, 3.8) is 0 Å². The molecule has 0 unspecified atom stereocenters. The molecule has 0 aliphatic carbocycles. The van der Waals surface area contributed by atoms with Gasteiger partial charge in [-0.25, -0.2) is 4.79 Å². The maximum atomic E-state index is 12.8. The normalized spacial score (nSPS) is 10.3. The minimum absolute atomic E-state index is 0.115. The quantitative estimate of drug-likeness (QED) is 0.449. The number of anilines is 2. The number of amides is 1. The number of nitrogens with one attached hydrogen (secondary N) is 2. The molecule has 0 aliphatic heterocycles. The van der Waals surface area contributed by atoms with E-state index in [1.807, 2.05) is 38.1 Å². The summed E-state index contributed by atoms with van der Waals surface area (Å²) in [5, 5.41) is 6.90. The molecule has 0 spiro atoms. The number of halogens is 1. The summed E-state index contributed by atoms with van der Waals surface area (Å²) >= 11 is 10.0. The van der Waals surface area contributed by atoms with Crippen LogP contribution in [0.4, 0.5) is 10.7 Å². The van der Waals surface area contributed by atoms with E-state index in [0.717, 1.165) is 10.2 Å². The van der Waals surface area contributed by atoms with Gasteiger partial charge in [-0.15, -0.1) is 11.3 Å². The first-order chi connectivity index (χ1) is 13.3. The number of thiophene rings is 1. The average molecular weight is 484 g/mol. The Morgan fingerprint density at radius 2 is 1.86 bits per heavy atom. The number of carbonyl (C=O) groups excluding carboxylic acids is 2. The highest BCUT2D eigenvalue weighted by molar-refractivity contribution is 9.10. The molecule has 1 heterocycles. The van der Waals surface area contributed by atoms with Crippen molar-refractivity contribution in [2.24, 2.45) is 0 Å². The highest BCUT2D eigenvalue weighted by atomic mass is 79.9. The zero-order valence-electron chi connectivity index (χ0n) is 16.1. The van der Waals surface area contributed by atoms with Gasteiger partial charge in [-0.1, -0.05) is 12.1 Å². The molecule has 2 N–H and O–H groups in total. The molecule has 0 saturated carbocycles. The maximum absolute atomic E-state index is 12.8. The molecule has 0 radical (unpaired) electrons. The van der Waals surface area contributed by atoms with E-state index in [4.69, 9.17) is 17.0 Å². The second-order valence-electron chi connectivity index (χ2n) is 5.79. The van der Waals surface area contributed by atoms with Crippen molar-refractivity contribution >= 4 is 67.2 Å². The highest BCUT2D eigenvalue weighted by Crippen LogP contribution is 2.35. The molecule has 0 fully saturated rings. The average Bonchev–Trinajstić information content (AvgIpc) is 2.99. The standard InChI is InChI=1S/C19H22BrN3O3S2/c1-5-23(6-2)17(24)15-11(3)14(18(25)26-4)16(28-15)22-19(27)21-13-10-8-7-9-12(13)20/h7-10H,5-6H2,1-4H3,(H2,21,22,27). The number of ether oxygens (including phenoxy) is 1. The van der Waals surface area contributed by atoms with Crippen LogP contribution in [0.15, 0.2) is 28.7 Å². The Balaban J connectivity index is 2.35. The molecule has 2 aromatic rings. The van der Waals surface area contributed by atoms with Crippen molar-refractivity contribution in [3.05, 3.63) is 44.7 Å². The van der Waals surface area contributed by atoms with Gasteiger partial charge in [0.15, 0.2) is 5.11 Å². The molecule has 1 aromatic carbocycles. The van der Waals surface area contributed by atoms with Gasteiger partial charge in [0.25, 0.3) is 5.91 Å². The molecule has 9 heteroatoms. The van der Waals surface area contributed by atoms with E-state index in [1.165, 1.54) is 18.4 Å². The lowest BCUT2D eigenvalue weighted by molar-refractivity contribution is 0.0601. The molecule has 1 aromatic heterocycles. The molecule has 28 heavy (non-hydrogen) atoms. The van der Waals surface area contributed by atoms with E-state index in [1.54, 1.807) is 11.8 Å². The van der Waals surface area contributed by atoms with Gasteiger partial charge in [-0.3, -0.25) is 4.79 Å². The maximum Gasteiger partial charge on any atom is 0.341 e. The van der Waals surface area contributed by atoms with E-state index in [9.17, 15) is 9.59 Å². The third-order valence-corrected chi connectivity index (χ3v) is 6.22. The number of methoxy groups -OCH3 is 1. The van der Waals surface area contributed by atoms with E-state index in [0.29, 0.717) is 39.2 Å². The number of carbonyl (C=O) groups is 2. The lowest BCUT2D eigenvalue weighted by Crippen LogP contribution is -2.30. The second-order valence-corrected chi connectivity index (χ2v) is 8.07. The fourth-order valence-corrected chi connectivity index (χ4v) is 4.45. The second kappa shape index (κ2) is 9.99. The summed E-state index contributed by atoms with van der Waals surface area (Å²) in [5.74, 6) is -0.631. The fraction of sp³-hybridized carbons (Fsp3) is 0.316. The topological polar surface area (TPSA) is 70.7 Å². The van der Waals surface area contributed by atoms with Gasteiger partial charge < -0.3 is 20.3 Å². The van der Waals surface area contributed by atoms with Crippen LogP contribution in [0.3, 0.4) is 0 Å². The van der Waals surface area contributed by atoms with Crippen LogP contribution in [0, 0.1) is 6.92 Å². The number of rotatable bonds is 6. The van der Waals surface area contributed by atoms with Crippen molar-refractivity contribution in [2.75, 3.05) is 30.8 Å². The van der Waals surface area contributed by atoms with Crippen LogP contribution in [0.5, 0.6) is 0 Å². The number of para-hydroxylation sites is 1. The number of hydrogen-bond donors (Lipinski definition) is 2. The first-order valence-corrected chi connectivity index (χ1v) is 10.7. The van der Waals surface area contributed by atoms with E-state index in [-0.39, 0.29) is 5.91 Å². The summed E-state index contributed by atoms with van der Waals surface area (Å²) < 4.78 is 5.77. The minimum atomic E-state index is -0.515. The van der Waals surface area contributed by atoms with Crippen LogP contribution in [-0.4, -0.2) is 42.1 Å². The van der Waals surface area contributed by atoms with Gasteiger partial charge in [-0.05, 0) is 66.6 Å². The molecule has 1 amide bonds. The van der Waals surface area contributed by atoms with Gasteiger partial charge in [0.2, 0.25) is 0 Å². The van der Waals surface area contributed by atoms with Crippen LogP contribution in [0.2, 0.25) is 0 Å². The van der Waals surface area contributed by atoms with Crippen LogP contribution in [-0.2, 0) is 4.74 Å². The van der Waals surface area contributed by atoms with Crippen molar-refractivity contribution in [1.82, 2.24) is 4.90 Å². The van der Waals surface area contributed by atoms with E-state index >= 15 is 0 Å². The third-order valence-electron chi connectivity index (χ3n) is 4.13. The molecule has 0 saturated heterocycles. The monoisotopic (exact) mass is 483 g/mol. The van der Waals surface area contributed by atoms with Gasteiger partial charge >= 0.3 is 5.97 Å². The number of esters is 1. The van der Waals surface area contributed by atoms with Gasteiger partial charge in [-0.2, -0.15) is 0 Å². The molecular formula is C19H22BrN3O3S2. The number of benzene rings is 1. The molecule has 0 bridgehead atoms. The summed E-state index contributed by atoms with van der Waals surface area (Å²) in [5.41, 5.74) is 1.69. The van der Waals surface area contributed by atoms with Crippen LogP contribution >= 0.6 is 39.5 Å². The Labute approximate surface area is 182 Å². The van der Waals surface area contributed by atoms with Crippen molar-refractivity contribution in [3.8, 4) is 0 Å². The lowest BCUT2D eigenvalue weighted by Gasteiger charge is -2.18. The molecule has 6 nitrogen and oxygen atoms in total. The van der Waals surface area contributed by atoms with Crippen molar-refractivity contribution in [2.45, 2.75) is 20.8 Å². The first-order valence-electron chi connectivity index (χ1n) is 8.67. The Bertz CT molecular complexity index is 895. The zero-order valence-corrected chi connectivity index (χ0v) is 19.3. The Kier molecular flexibility index (Phi) is 7.97. The highest BCUT2D eigenvalue weighted by Gasteiger charge is 2.27. The molecular weight excluding hydrogens is 462 g/mol. The van der Waals surface area contributed by atoms with E-state index < -0.39 is 5.97 Å². The molecule has 150 valence electrons. The summed E-state index contributed by atoms with van der Waals surface area (Å²) in [6.07, 6.45) is 0.